The molecule has 1 aliphatic rings. The lowest BCUT2D eigenvalue weighted by atomic mass is 9.91. The summed E-state index contributed by atoms with van der Waals surface area (Å²) in [6.45, 7) is 5.02. The Morgan fingerprint density at radius 2 is 1.75 bits per heavy atom. The molecule has 1 saturated heterocycles. The van der Waals surface area contributed by atoms with E-state index in [4.69, 9.17) is 4.74 Å². The minimum Gasteiger partial charge on any atom is -0.494 e. The van der Waals surface area contributed by atoms with Crippen LogP contribution < -0.4 is 4.74 Å². The minimum absolute atomic E-state index is 0.0755. The summed E-state index contributed by atoms with van der Waals surface area (Å²) in [5, 5.41) is 0. The number of esters is 2. The molecule has 0 radical (unpaired) electrons. The van der Waals surface area contributed by atoms with Gasteiger partial charge in [0, 0.05) is 5.92 Å². The topological polar surface area (TPSA) is 52.6 Å². The van der Waals surface area contributed by atoms with E-state index in [1.54, 1.807) is 0 Å². The number of carbonyl (C=O) groups is 2. The second-order valence-electron chi connectivity index (χ2n) is 5.55. The SMILES string of the molecule is CC(C)CCOc1ccc(C2CC(=O)OC(=O)C2)cc1. The van der Waals surface area contributed by atoms with Gasteiger partial charge in [0.1, 0.15) is 5.75 Å². The van der Waals surface area contributed by atoms with Crippen molar-refractivity contribution in [1.82, 2.24) is 0 Å². The summed E-state index contributed by atoms with van der Waals surface area (Å²) in [5.74, 6) is 0.480. The molecular formula is C16H20O4. The number of cyclic esters (lactones) is 2. The number of hydrogen-bond acceptors (Lipinski definition) is 4. The Kier molecular flexibility index (Phi) is 4.77. The van der Waals surface area contributed by atoms with Crippen molar-refractivity contribution < 1.29 is 19.1 Å². The summed E-state index contributed by atoms with van der Waals surface area (Å²) < 4.78 is 10.2. The normalized spacial score (nSPS) is 16.4. The standard InChI is InChI=1S/C16H20O4/c1-11(2)7-8-19-14-5-3-12(4-6-14)13-9-15(17)20-16(18)10-13/h3-6,11,13H,7-10H2,1-2H3. The van der Waals surface area contributed by atoms with Crippen molar-refractivity contribution in [1.29, 1.82) is 0 Å². The molecule has 0 bridgehead atoms. The minimum atomic E-state index is -0.441. The van der Waals surface area contributed by atoms with Gasteiger partial charge in [-0.1, -0.05) is 26.0 Å². The molecule has 0 aliphatic carbocycles. The predicted octanol–water partition coefficient (Wildman–Crippen LogP) is 3.06. The van der Waals surface area contributed by atoms with Crippen LogP contribution in [0, 0.1) is 5.92 Å². The van der Waals surface area contributed by atoms with Crippen molar-refractivity contribution >= 4 is 11.9 Å². The van der Waals surface area contributed by atoms with E-state index in [2.05, 4.69) is 18.6 Å². The Labute approximate surface area is 119 Å². The van der Waals surface area contributed by atoms with E-state index in [1.165, 1.54) is 0 Å². The second kappa shape index (κ2) is 6.55. The molecule has 0 amide bonds. The molecule has 0 atom stereocenters. The summed E-state index contributed by atoms with van der Waals surface area (Å²) in [6, 6.07) is 7.61. The second-order valence-corrected chi connectivity index (χ2v) is 5.55. The van der Waals surface area contributed by atoms with Crippen molar-refractivity contribution in [2.24, 2.45) is 5.92 Å². The molecule has 0 aromatic heterocycles. The lowest BCUT2D eigenvalue weighted by Gasteiger charge is -2.20. The van der Waals surface area contributed by atoms with Crippen LogP contribution in [0.1, 0.15) is 44.6 Å². The first-order chi connectivity index (χ1) is 9.54. The van der Waals surface area contributed by atoms with Crippen molar-refractivity contribution in [3.63, 3.8) is 0 Å². The van der Waals surface area contributed by atoms with E-state index in [1.807, 2.05) is 24.3 Å². The Morgan fingerprint density at radius 1 is 1.15 bits per heavy atom. The van der Waals surface area contributed by atoms with Gasteiger partial charge in [-0.25, -0.2) is 0 Å². The molecule has 108 valence electrons. The van der Waals surface area contributed by atoms with E-state index in [0.717, 1.165) is 17.7 Å². The van der Waals surface area contributed by atoms with Crippen molar-refractivity contribution in [3.05, 3.63) is 29.8 Å². The summed E-state index contributed by atoms with van der Waals surface area (Å²) in [4.78, 5) is 22.5. The van der Waals surface area contributed by atoms with Gasteiger partial charge < -0.3 is 9.47 Å². The Morgan fingerprint density at radius 3 is 2.30 bits per heavy atom. The molecule has 4 nitrogen and oxygen atoms in total. The average Bonchev–Trinajstić information content (AvgIpc) is 2.38. The molecule has 4 heteroatoms. The predicted molar refractivity (Wildman–Crippen MR) is 74.5 cm³/mol. The van der Waals surface area contributed by atoms with E-state index >= 15 is 0 Å². The fourth-order valence-electron chi connectivity index (χ4n) is 2.17. The Bertz CT molecular complexity index is 460. The van der Waals surface area contributed by atoms with Gasteiger partial charge in [-0.05, 0) is 30.0 Å². The van der Waals surface area contributed by atoms with Gasteiger partial charge in [-0.15, -0.1) is 0 Å². The lowest BCUT2D eigenvalue weighted by Crippen LogP contribution is -2.24. The molecule has 2 rings (SSSR count). The van der Waals surface area contributed by atoms with Gasteiger partial charge in [0.25, 0.3) is 0 Å². The monoisotopic (exact) mass is 276 g/mol. The number of ether oxygens (including phenoxy) is 2. The lowest BCUT2D eigenvalue weighted by molar-refractivity contribution is -0.163. The highest BCUT2D eigenvalue weighted by Crippen LogP contribution is 2.29. The van der Waals surface area contributed by atoms with Crippen LogP contribution in [0.2, 0.25) is 0 Å². The molecule has 0 saturated carbocycles. The van der Waals surface area contributed by atoms with Crippen LogP contribution in [0.3, 0.4) is 0 Å². The maximum absolute atomic E-state index is 11.3. The van der Waals surface area contributed by atoms with Crippen LogP contribution in [0.5, 0.6) is 5.75 Å². The van der Waals surface area contributed by atoms with Gasteiger partial charge >= 0.3 is 11.9 Å². The Hall–Kier alpha value is -1.84. The quantitative estimate of drug-likeness (QED) is 0.612. The van der Waals surface area contributed by atoms with Crippen LogP contribution in [0.15, 0.2) is 24.3 Å². The third-order valence-corrected chi connectivity index (χ3v) is 3.37. The maximum atomic E-state index is 11.3. The Balaban J connectivity index is 1.94. The average molecular weight is 276 g/mol. The van der Waals surface area contributed by atoms with Gasteiger partial charge in [-0.2, -0.15) is 0 Å². The first-order valence-corrected chi connectivity index (χ1v) is 7.01. The zero-order valence-corrected chi connectivity index (χ0v) is 11.9. The van der Waals surface area contributed by atoms with E-state index in [0.29, 0.717) is 12.5 Å². The summed E-state index contributed by atoms with van der Waals surface area (Å²) in [6.07, 6.45) is 1.54. The highest BCUT2D eigenvalue weighted by molar-refractivity contribution is 5.89. The van der Waals surface area contributed by atoms with Crippen molar-refractivity contribution in [2.45, 2.75) is 39.0 Å². The van der Waals surface area contributed by atoms with Crippen LogP contribution >= 0.6 is 0 Å². The molecular weight excluding hydrogens is 256 g/mol. The first kappa shape index (κ1) is 14.6. The molecule has 0 spiro atoms. The van der Waals surface area contributed by atoms with Crippen LogP contribution in [-0.2, 0) is 14.3 Å². The van der Waals surface area contributed by atoms with Gasteiger partial charge in [0.15, 0.2) is 0 Å². The summed E-state index contributed by atoms with van der Waals surface area (Å²) in [7, 11) is 0. The van der Waals surface area contributed by atoms with E-state index < -0.39 is 11.9 Å². The van der Waals surface area contributed by atoms with Crippen molar-refractivity contribution in [3.8, 4) is 5.75 Å². The molecule has 1 aromatic carbocycles. The fraction of sp³-hybridized carbons (Fsp3) is 0.500. The zero-order chi connectivity index (χ0) is 14.5. The van der Waals surface area contributed by atoms with E-state index in [-0.39, 0.29) is 18.8 Å². The highest BCUT2D eigenvalue weighted by atomic mass is 16.6. The largest absolute Gasteiger partial charge is 0.494 e. The molecule has 0 N–H and O–H groups in total. The van der Waals surface area contributed by atoms with Crippen LogP contribution in [0.4, 0.5) is 0 Å². The van der Waals surface area contributed by atoms with Gasteiger partial charge in [0.2, 0.25) is 0 Å². The highest BCUT2D eigenvalue weighted by Gasteiger charge is 2.28. The number of benzene rings is 1. The smallest absolute Gasteiger partial charge is 0.314 e. The molecule has 1 aromatic rings. The molecule has 1 heterocycles. The van der Waals surface area contributed by atoms with Crippen LogP contribution in [-0.4, -0.2) is 18.5 Å². The molecule has 20 heavy (non-hydrogen) atoms. The first-order valence-electron chi connectivity index (χ1n) is 7.01. The number of carbonyl (C=O) groups excluding carboxylic acids is 2. The third kappa shape index (κ3) is 4.08. The molecule has 1 fully saturated rings. The van der Waals surface area contributed by atoms with E-state index in [9.17, 15) is 9.59 Å². The van der Waals surface area contributed by atoms with Gasteiger partial charge in [0.05, 0.1) is 19.4 Å². The zero-order valence-electron chi connectivity index (χ0n) is 11.9. The number of rotatable bonds is 5. The summed E-state index contributed by atoms with van der Waals surface area (Å²) in [5.41, 5.74) is 0.978. The van der Waals surface area contributed by atoms with Gasteiger partial charge in [-0.3, -0.25) is 9.59 Å². The fourth-order valence-corrected chi connectivity index (χ4v) is 2.17. The number of hydrogen-bond donors (Lipinski definition) is 0. The molecule has 0 unspecified atom stereocenters. The maximum Gasteiger partial charge on any atom is 0.314 e. The summed E-state index contributed by atoms with van der Waals surface area (Å²) >= 11 is 0. The van der Waals surface area contributed by atoms with Crippen molar-refractivity contribution in [2.75, 3.05) is 6.61 Å². The third-order valence-electron chi connectivity index (χ3n) is 3.37. The molecule has 1 aliphatic heterocycles. The van der Waals surface area contributed by atoms with Crippen LogP contribution in [0.25, 0.3) is 0 Å².